The number of likely N-dealkylation sites (tertiary alicyclic amines) is 2. The summed E-state index contributed by atoms with van der Waals surface area (Å²) in [6.07, 6.45) is 5.17. The minimum Gasteiger partial charge on any atom is -0.355 e. The van der Waals surface area contributed by atoms with Crippen LogP contribution >= 0.6 is 0 Å². The minimum absolute atomic E-state index is 0.0339. The Labute approximate surface area is 120 Å². The van der Waals surface area contributed by atoms with Gasteiger partial charge in [-0.1, -0.05) is 0 Å². The van der Waals surface area contributed by atoms with Crippen LogP contribution in [-0.2, 0) is 4.79 Å². The summed E-state index contributed by atoms with van der Waals surface area (Å²) in [7, 11) is 0. The normalized spacial score (nSPS) is 23.6. The van der Waals surface area contributed by atoms with E-state index >= 15 is 0 Å². The molecule has 0 aromatic carbocycles. The molecule has 3 N–H and O–H groups in total. The van der Waals surface area contributed by atoms with Crippen molar-refractivity contribution in [3.05, 3.63) is 0 Å². The van der Waals surface area contributed by atoms with E-state index in [0.29, 0.717) is 19.6 Å². The van der Waals surface area contributed by atoms with Crippen molar-refractivity contribution in [3.8, 4) is 0 Å². The molecule has 0 bridgehead atoms. The van der Waals surface area contributed by atoms with E-state index in [2.05, 4.69) is 5.32 Å². The zero-order valence-corrected chi connectivity index (χ0v) is 12.1. The van der Waals surface area contributed by atoms with Crippen LogP contribution in [-0.4, -0.2) is 61.0 Å². The number of rotatable bonds is 3. The molecule has 0 aromatic heterocycles. The van der Waals surface area contributed by atoms with E-state index in [1.54, 1.807) is 0 Å². The average Bonchev–Trinajstić information content (AvgIpc) is 2.52. The number of urea groups is 1. The number of carbonyl (C=O) groups is 2. The number of nitrogens with one attached hydrogen (secondary N) is 1. The molecule has 114 valence electrons. The van der Waals surface area contributed by atoms with E-state index < -0.39 is 0 Å². The molecule has 0 aromatic rings. The number of hydrogen-bond donors (Lipinski definition) is 2. The number of piperidine rings is 2. The quantitative estimate of drug-likeness (QED) is 0.785. The van der Waals surface area contributed by atoms with Crippen LogP contribution in [0.3, 0.4) is 0 Å². The molecule has 1 atom stereocenters. The van der Waals surface area contributed by atoms with Crippen molar-refractivity contribution in [1.82, 2.24) is 15.1 Å². The molecule has 2 aliphatic rings. The van der Waals surface area contributed by atoms with Gasteiger partial charge in [-0.2, -0.15) is 0 Å². The molecule has 0 spiro atoms. The van der Waals surface area contributed by atoms with Crippen molar-refractivity contribution in [2.45, 2.75) is 32.1 Å². The lowest BCUT2D eigenvalue weighted by Gasteiger charge is -2.37. The second-order valence-electron chi connectivity index (χ2n) is 5.70. The minimum atomic E-state index is -0.0796. The first-order valence-electron chi connectivity index (χ1n) is 7.74. The lowest BCUT2D eigenvalue weighted by molar-refractivity contribution is -0.126. The van der Waals surface area contributed by atoms with Crippen LogP contribution in [0.15, 0.2) is 0 Å². The molecular formula is C14H26N4O2. The first-order chi connectivity index (χ1) is 9.72. The van der Waals surface area contributed by atoms with Crippen molar-refractivity contribution in [2.75, 3.05) is 39.3 Å². The Morgan fingerprint density at radius 2 is 1.75 bits per heavy atom. The largest absolute Gasteiger partial charge is 0.355 e. The van der Waals surface area contributed by atoms with E-state index in [1.165, 1.54) is 6.42 Å². The topological polar surface area (TPSA) is 78.7 Å². The third kappa shape index (κ3) is 3.85. The molecule has 6 heteroatoms. The molecule has 2 aliphatic heterocycles. The molecular weight excluding hydrogens is 256 g/mol. The van der Waals surface area contributed by atoms with E-state index in [-0.39, 0.29) is 17.9 Å². The molecule has 2 heterocycles. The average molecular weight is 282 g/mol. The maximum Gasteiger partial charge on any atom is 0.320 e. The SMILES string of the molecule is NCCNC(=O)C1CCCN(C(=O)N2CCCCC2)C1. The summed E-state index contributed by atoms with van der Waals surface area (Å²) in [4.78, 5) is 28.2. The Bertz CT molecular complexity index is 342. The second-order valence-corrected chi connectivity index (χ2v) is 5.70. The van der Waals surface area contributed by atoms with Gasteiger partial charge in [0.2, 0.25) is 5.91 Å². The molecule has 1 unspecified atom stereocenters. The fraction of sp³-hybridized carbons (Fsp3) is 0.857. The Balaban J connectivity index is 1.85. The first kappa shape index (κ1) is 15.1. The lowest BCUT2D eigenvalue weighted by atomic mass is 9.97. The summed E-state index contributed by atoms with van der Waals surface area (Å²) < 4.78 is 0. The zero-order chi connectivity index (χ0) is 14.4. The van der Waals surface area contributed by atoms with Gasteiger partial charge in [0, 0.05) is 39.3 Å². The first-order valence-corrected chi connectivity index (χ1v) is 7.74. The molecule has 2 saturated heterocycles. The molecule has 6 nitrogen and oxygen atoms in total. The van der Waals surface area contributed by atoms with Crippen molar-refractivity contribution < 1.29 is 9.59 Å². The van der Waals surface area contributed by atoms with Gasteiger partial charge in [0.1, 0.15) is 0 Å². The highest BCUT2D eigenvalue weighted by Crippen LogP contribution is 2.19. The van der Waals surface area contributed by atoms with Gasteiger partial charge in [0.05, 0.1) is 5.92 Å². The van der Waals surface area contributed by atoms with Crippen LogP contribution in [0.4, 0.5) is 4.79 Å². The number of amides is 3. The Morgan fingerprint density at radius 1 is 1.05 bits per heavy atom. The van der Waals surface area contributed by atoms with Gasteiger partial charge < -0.3 is 20.9 Å². The van der Waals surface area contributed by atoms with Crippen molar-refractivity contribution in [2.24, 2.45) is 11.7 Å². The molecule has 0 aliphatic carbocycles. The van der Waals surface area contributed by atoms with E-state index in [4.69, 9.17) is 5.73 Å². The molecule has 3 amide bonds. The van der Waals surface area contributed by atoms with Gasteiger partial charge in [-0.3, -0.25) is 4.79 Å². The fourth-order valence-electron chi connectivity index (χ4n) is 2.99. The monoisotopic (exact) mass is 282 g/mol. The summed E-state index contributed by atoms with van der Waals surface area (Å²) in [5.41, 5.74) is 5.39. The number of carbonyl (C=O) groups excluding carboxylic acids is 2. The number of nitrogens with zero attached hydrogens (tertiary/aromatic N) is 2. The summed E-state index contributed by atoms with van der Waals surface area (Å²) in [6, 6.07) is 0.112. The van der Waals surface area contributed by atoms with Crippen LogP contribution in [0.1, 0.15) is 32.1 Å². The maximum atomic E-state index is 12.4. The summed E-state index contributed by atoms with van der Waals surface area (Å²) in [5.74, 6) is -0.0457. The van der Waals surface area contributed by atoms with Gasteiger partial charge in [0.25, 0.3) is 0 Å². The van der Waals surface area contributed by atoms with Gasteiger partial charge >= 0.3 is 6.03 Å². The van der Waals surface area contributed by atoms with E-state index in [9.17, 15) is 9.59 Å². The van der Waals surface area contributed by atoms with Gasteiger partial charge in [-0.05, 0) is 32.1 Å². The predicted molar refractivity (Wildman–Crippen MR) is 77.2 cm³/mol. The van der Waals surface area contributed by atoms with Crippen molar-refractivity contribution in [3.63, 3.8) is 0 Å². The highest BCUT2D eigenvalue weighted by atomic mass is 16.2. The van der Waals surface area contributed by atoms with Crippen molar-refractivity contribution >= 4 is 11.9 Å². The van der Waals surface area contributed by atoms with Gasteiger partial charge in [0.15, 0.2) is 0 Å². The van der Waals surface area contributed by atoms with Crippen LogP contribution < -0.4 is 11.1 Å². The number of nitrogens with two attached hydrogens (primary N) is 1. The smallest absolute Gasteiger partial charge is 0.320 e. The molecule has 20 heavy (non-hydrogen) atoms. The molecule has 0 radical (unpaired) electrons. The third-order valence-corrected chi connectivity index (χ3v) is 4.13. The predicted octanol–water partition coefficient (Wildman–Crippen LogP) is 0.379. The van der Waals surface area contributed by atoms with Crippen LogP contribution in [0.25, 0.3) is 0 Å². The summed E-state index contributed by atoms with van der Waals surface area (Å²) in [5, 5.41) is 2.83. The van der Waals surface area contributed by atoms with Crippen LogP contribution in [0, 0.1) is 5.92 Å². The molecule has 2 rings (SSSR count). The lowest BCUT2D eigenvalue weighted by Crippen LogP contribution is -2.51. The maximum absolute atomic E-state index is 12.4. The Kier molecular flexibility index (Phi) is 5.64. The Hall–Kier alpha value is -1.30. The van der Waals surface area contributed by atoms with Crippen molar-refractivity contribution in [1.29, 1.82) is 0 Å². The van der Waals surface area contributed by atoms with Gasteiger partial charge in [-0.25, -0.2) is 4.79 Å². The van der Waals surface area contributed by atoms with Gasteiger partial charge in [-0.15, -0.1) is 0 Å². The van der Waals surface area contributed by atoms with Crippen LogP contribution in [0.5, 0.6) is 0 Å². The standard InChI is InChI=1S/C14H26N4O2/c15-6-7-16-13(19)12-5-4-10-18(11-12)14(20)17-8-2-1-3-9-17/h12H,1-11,15H2,(H,16,19). The third-order valence-electron chi connectivity index (χ3n) is 4.13. The highest BCUT2D eigenvalue weighted by molar-refractivity contribution is 5.80. The summed E-state index contributed by atoms with van der Waals surface area (Å²) in [6.45, 7) is 4.00. The molecule has 2 fully saturated rings. The second kappa shape index (κ2) is 7.47. The fourth-order valence-corrected chi connectivity index (χ4v) is 2.99. The molecule has 0 saturated carbocycles. The zero-order valence-electron chi connectivity index (χ0n) is 12.1. The number of hydrogen-bond acceptors (Lipinski definition) is 3. The highest BCUT2D eigenvalue weighted by Gasteiger charge is 2.30. The van der Waals surface area contributed by atoms with E-state index in [1.807, 2.05) is 9.80 Å². The van der Waals surface area contributed by atoms with E-state index in [0.717, 1.165) is 45.3 Å². The summed E-state index contributed by atoms with van der Waals surface area (Å²) >= 11 is 0. The Morgan fingerprint density at radius 3 is 2.45 bits per heavy atom. The van der Waals surface area contributed by atoms with Crippen LogP contribution in [0.2, 0.25) is 0 Å².